The van der Waals surface area contributed by atoms with Gasteiger partial charge in [-0.3, -0.25) is 19.7 Å². The molecule has 3 aromatic rings. The minimum absolute atomic E-state index is 0.105. The largest absolute Gasteiger partial charge is 0.321 e. The van der Waals surface area contributed by atoms with Crippen LogP contribution in [0.3, 0.4) is 0 Å². The second-order valence-electron chi connectivity index (χ2n) is 6.19. The molecule has 0 aliphatic heterocycles. The Kier molecular flexibility index (Phi) is 6.29. The number of hydrogen-bond donors (Lipinski definition) is 2. The van der Waals surface area contributed by atoms with Crippen molar-refractivity contribution in [2.45, 2.75) is 0 Å². The third kappa shape index (κ3) is 5.35. The molecule has 3 aromatic carbocycles. The van der Waals surface area contributed by atoms with Gasteiger partial charge in [-0.1, -0.05) is 24.3 Å². The highest BCUT2D eigenvalue weighted by molar-refractivity contribution is 6.10. The number of halogens is 1. The van der Waals surface area contributed by atoms with E-state index in [1.807, 2.05) is 0 Å². The first-order chi connectivity index (χ1) is 14.4. The minimum atomic E-state index is -0.678. The van der Waals surface area contributed by atoms with Gasteiger partial charge in [-0.05, 0) is 54.1 Å². The van der Waals surface area contributed by atoms with Crippen LogP contribution in [-0.2, 0) is 4.79 Å². The molecule has 150 valence electrons. The van der Waals surface area contributed by atoms with Gasteiger partial charge in [0.2, 0.25) is 0 Å². The molecule has 0 saturated carbocycles. The van der Waals surface area contributed by atoms with Crippen molar-refractivity contribution >= 4 is 29.3 Å². The molecule has 0 bridgehead atoms. The highest BCUT2D eigenvalue weighted by atomic mass is 19.1. The van der Waals surface area contributed by atoms with Crippen molar-refractivity contribution in [2.24, 2.45) is 0 Å². The number of nitro benzene ring substituents is 1. The first-order valence-electron chi connectivity index (χ1n) is 8.82. The van der Waals surface area contributed by atoms with Gasteiger partial charge in [0.15, 0.2) is 0 Å². The van der Waals surface area contributed by atoms with Crippen LogP contribution in [0.15, 0.2) is 84.6 Å². The third-order valence-corrected chi connectivity index (χ3v) is 4.03. The van der Waals surface area contributed by atoms with Crippen LogP contribution in [0.4, 0.5) is 15.8 Å². The fourth-order valence-electron chi connectivity index (χ4n) is 2.57. The quantitative estimate of drug-likeness (QED) is 0.365. The van der Waals surface area contributed by atoms with Crippen molar-refractivity contribution in [3.63, 3.8) is 0 Å². The summed E-state index contributed by atoms with van der Waals surface area (Å²) in [6.07, 6.45) is 1.37. The van der Waals surface area contributed by atoms with Gasteiger partial charge in [0.1, 0.15) is 11.5 Å². The molecule has 7 nitrogen and oxygen atoms in total. The van der Waals surface area contributed by atoms with Gasteiger partial charge in [-0.25, -0.2) is 4.39 Å². The normalized spacial score (nSPS) is 10.9. The van der Waals surface area contributed by atoms with E-state index < -0.39 is 22.6 Å². The zero-order chi connectivity index (χ0) is 21.5. The lowest BCUT2D eigenvalue weighted by molar-refractivity contribution is -0.384. The van der Waals surface area contributed by atoms with Gasteiger partial charge in [0.25, 0.3) is 17.5 Å². The average Bonchev–Trinajstić information content (AvgIpc) is 2.74. The van der Waals surface area contributed by atoms with Crippen molar-refractivity contribution in [1.29, 1.82) is 0 Å². The van der Waals surface area contributed by atoms with Gasteiger partial charge in [0, 0.05) is 23.4 Å². The Balaban J connectivity index is 1.89. The summed E-state index contributed by atoms with van der Waals surface area (Å²) in [5.41, 5.74) is 0.792. The molecule has 2 amide bonds. The van der Waals surface area contributed by atoms with Gasteiger partial charge in [-0.2, -0.15) is 0 Å². The van der Waals surface area contributed by atoms with E-state index in [1.165, 1.54) is 48.5 Å². The van der Waals surface area contributed by atoms with Crippen LogP contribution < -0.4 is 10.6 Å². The summed E-state index contributed by atoms with van der Waals surface area (Å²) in [5.74, 6) is -1.72. The van der Waals surface area contributed by atoms with Gasteiger partial charge in [-0.15, -0.1) is 0 Å². The summed E-state index contributed by atoms with van der Waals surface area (Å²) in [5, 5.41) is 15.9. The topological polar surface area (TPSA) is 101 Å². The van der Waals surface area contributed by atoms with E-state index >= 15 is 0 Å². The Hall–Kier alpha value is -4.33. The highest BCUT2D eigenvalue weighted by Crippen LogP contribution is 2.16. The molecular formula is C22H16FN3O4. The minimum Gasteiger partial charge on any atom is -0.321 e. The summed E-state index contributed by atoms with van der Waals surface area (Å²) in [7, 11) is 0. The van der Waals surface area contributed by atoms with Crippen molar-refractivity contribution in [1.82, 2.24) is 5.32 Å². The summed E-state index contributed by atoms with van der Waals surface area (Å²) in [6.45, 7) is 0. The first-order valence-corrected chi connectivity index (χ1v) is 8.82. The number of carbonyl (C=O) groups excluding carboxylic acids is 2. The van der Waals surface area contributed by atoms with Crippen LogP contribution in [0.5, 0.6) is 0 Å². The lowest BCUT2D eigenvalue weighted by atomic mass is 10.1. The molecule has 0 atom stereocenters. The van der Waals surface area contributed by atoms with Crippen LogP contribution in [0.25, 0.3) is 6.08 Å². The van der Waals surface area contributed by atoms with Gasteiger partial charge in [0.05, 0.1) is 4.92 Å². The van der Waals surface area contributed by atoms with Crippen LogP contribution in [0, 0.1) is 15.9 Å². The summed E-state index contributed by atoms with van der Waals surface area (Å²) < 4.78 is 13.4. The number of hydrogen-bond acceptors (Lipinski definition) is 4. The van der Waals surface area contributed by atoms with E-state index in [4.69, 9.17) is 0 Å². The van der Waals surface area contributed by atoms with Crippen LogP contribution >= 0.6 is 0 Å². The molecular weight excluding hydrogens is 389 g/mol. The van der Waals surface area contributed by atoms with Crippen molar-refractivity contribution < 1.29 is 18.9 Å². The first kappa shape index (κ1) is 20.4. The lowest BCUT2D eigenvalue weighted by Crippen LogP contribution is -2.30. The molecule has 0 fully saturated rings. The van der Waals surface area contributed by atoms with E-state index in [1.54, 1.807) is 30.3 Å². The Morgan fingerprint density at radius 2 is 1.63 bits per heavy atom. The van der Waals surface area contributed by atoms with E-state index in [0.717, 1.165) is 6.07 Å². The summed E-state index contributed by atoms with van der Waals surface area (Å²) in [6, 6.07) is 19.1. The Bertz CT molecular complexity index is 1110. The smallest absolute Gasteiger partial charge is 0.272 e. The van der Waals surface area contributed by atoms with Crippen molar-refractivity contribution in [2.75, 3.05) is 5.32 Å². The number of non-ortho nitro benzene ring substituents is 1. The number of amides is 2. The summed E-state index contributed by atoms with van der Waals surface area (Å²) >= 11 is 0. The third-order valence-electron chi connectivity index (χ3n) is 4.03. The van der Waals surface area contributed by atoms with Gasteiger partial charge < -0.3 is 10.6 Å². The standard InChI is InChI=1S/C22H16FN3O4/c23-17-7-4-8-18(14-17)24-22(28)20(25-21(27)16-5-2-1-3-6-16)13-15-9-11-19(12-10-15)26(29)30/h1-14H,(H,24,28)(H,25,27)/b20-13-. The zero-order valence-electron chi connectivity index (χ0n) is 15.5. The number of rotatable bonds is 6. The lowest BCUT2D eigenvalue weighted by Gasteiger charge is -2.11. The maximum Gasteiger partial charge on any atom is 0.272 e. The van der Waals surface area contributed by atoms with Crippen molar-refractivity contribution in [3.05, 3.63) is 112 Å². The number of benzene rings is 3. The highest BCUT2D eigenvalue weighted by Gasteiger charge is 2.15. The zero-order valence-corrected chi connectivity index (χ0v) is 15.5. The van der Waals surface area contributed by atoms with Crippen molar-refractivity contribution in [3.8, 4) is 0 Å². The van der Waals surface area contributed by atoms with Crippen LogP contribution in [0.1, 0.15) is 15.9 Å². The molecule has 0 unspecified atom stereocenters. The van der Waals surface area contributed by atoms with Crippen LogP contribution in [-0.4, -0.2) is 16.7 Å². The molecule has 0 radical (unpaired) electrons. The molecule has 2 N–H and O–H groups in total. The number of anilines is 1. The van der Waals surface area contributed by atoms with Gasteiger partial charge >= 0.3 is 0 Å². The molecule has 0 aromatic heterocycles. The Morgan fingerprint density at radius 3 is 2.27 bits per heavy atom. The Morgan fingerprint density at radius 1 is 0.933 bits per heavy atom. The molecule has 0 spiro atoms. The molecule has 0 heterocycles. The second-order valence-corrected chi connectivity index (χ2v) is 6.19. The number of nitrogens with one attached hydrogen (secondary N) is 2. The average molecular weight is 405 g/mol. The molecule has 8 heteroatoms. The number of carbonyl (C=O) groups is 2. The van der Waals surface area contributed by atoms with Crippen LogP contribution in [0.2, 0.25) is 0 Å². The number of nitro groups is 1. The predicted molar refractivity (Wildman–Crippen MR) is 110 cm³/mol. The second kappa shape index (κ2) is 9.24. The SMILES string of the molecule is O=C(Nc1cccc(F)c1)/C(=C/c1ccc([N+](=O)[O-])cc1)NC(=O)c1ccccc1. The Labute approximate surface area is 171 Å². The molecule has 3 rings (SSSR count). The molecule has 0 saturated heterocycles. The predicted octanol–water partition coefficient (Wildman–Crippen LogP) is 4.14. The van der Waals surface area contributed by atoms with E-state index in [-0.39, 0.29) is 17.1 Å². The molecule has 0 aliphatic rings. The van der Waals surface area contributed by atoms with E-state index in [9.17, 15) is 24.1 Å². The fraction of sp³-hybridized carbons (Fsp3) is 0. The van der Waals surface area contributed by atoms with E-state index in [2.05, 4.69) is 10.6 Å². The fourth-order valence-corrected chi connectivity index (χ4v) is 2.57. The van der Waals surface area contributed by atoms with E-state index in [0.29, 0.717) is 11.1 Å². The maximum atomic E-state index is 13.4. The summed E-state index contributed by atoms with van der Waals surface area (Å²) in [4.78, 5) is 35.5. The number of nitrogens with zero attached hydrogens (tertiary/aromatic N) is 1. The molecule has 30 heavy (non-hydrogen) atoms. The monoisotopic (exact) mass is 405 g/mol. The molecule has 0 aliphatic carbocycles. The maximum absolute atomic E-state index is 13.4.